The molecule has 1 aromatic heterocycles. The van der Waals surface area contributed by atoms with Crippen LogP contribution in [0.3, 0.4) is 0 Å². The number of aryl methyl sites for hydroxylation is 2. The monoisotopic (exact) mass is 337 g/mol. The van der Waals surface area contributed by atoms with Crippen LogP contribution in [0, 0.1) is 6.92 Å². The average molecular weight is 337 g/mol. The van der Waals surface area contributed by atoms with Crippen LogP contribution in [-0.2, 0) is 16.1 Å². The van der Waals surface area contributed by atoms with Gasteiger partial charge in [0, 0.05) is 26.2 Å². The van der Waals surface area contributed by atoms with E-state index in [0.29, 0.717) is 18.8 Å². The molecule has 1 saturated heterocycles. The van der Waals surface area contributed by atoms with Gasteiger partial charge in [-0.3, -0.25) is 19.2 Å². The zero-order chi connectivity index (χ0) is 17.4. The third-order valence-corrected chi connectivity index (χ3v) is 3.92. The summed E-state index contributed by atoms with van der Waals surface area (Å²) < 4.78 is 6.93. The van der Waals surface area contributed by atoms with Gasteiger partial charge < -0.3 is 15.4 Å². The van der Waals surface area contributed by atoms with E-state index in [1.807, 2.05) is 13.8 Å². The van der Waals surface area contributed by atoms with Gasteiger partial charge in [0.25, 0.3) is 5.91 Å². The molecule has 0 saturated carbocycles. The molecule has 0 atom stereocenters. The van der Waals surface area contributed by atoms with E-state index in [1.165, 1.54) is 0 Å². The van der Waals surface area contributed by atoms with Gasteiger partial charge in [-0.05, 0) is 32.9 Å². The summed E-state index contributed by atoms with van der Waals surface area (Å²) in [5.74, 6) is -0.453. The molecular formula is C16H27N5O3. The highest BCUT2D eigenvalue weighted by molar-refractivity contribution is 5.95. The van der Waals surface area contributed by atoms with Crippen molar-refractivity contribution in [1.29, 1.82) is 0 Å². The van der Waals surface area contributed by atoms with Crippen molar-refractivity contribution >= 4 is 11.8 Å². The summed E-state index contributed by atoms with van der Waals surface area (Å²) in [4.78, 5) is 26.2. The minimum atomic E-state index is -0.277. The summed E-state index contributed by atoms with van der Waals surface area (Å²) in [6.45, 7) is 9.38. The number of carbonyl (C=O) groups is 2. The Morgan fingerprint density at radius 3 is 2.75 bits per heavy atom. The third kappa shape index (κ3) is 5.61. The minimum absolute atomic E-state index is 0.0235. The number of hydrogen-bond donors (Lipinski definition) is 2. The number of amides is 2. The summed E-state index contributed by atoms with van der Waals surface area (Å²) in [5, 5.41) is 9.69. The first kappa shape index (κ1) is 18.4. The number of ether oxygens (including phenoxy) is 1. The van der Waals surface area contributed by atoms with Crippen LogP contribution >= 0.6 is 0 Å². The molecule has 0 unspecified atom stereocenters. The Kier molecular flexibility index (Phi) is 7.20. The first-order chi connectivity index (χ1) is 11.6. The van der Waals surface area contributed by atoms with Gasteiger partial charge >= 0.3 is 0 Å². The molecule has 2 rings (SSSR count). The van der Waals surface area contributed by atoms with Crippen LogP contribution in [0.4, 0.5) is 0 Å². The number of morpholine rings is 1. The van der Waals surface area contributed by atoms with Crippen LogP contribution in [0.1, 0.15) is 29.5 Å². The zero-order valence-electron chi connectivity index (χ0n) is 14.5. The Bertz CT molecular complexity index is 552. The number of nitrogens with one attached hydrogen (secondary N) is 2. The zero-order valence-corrected chi connectivity index (χ0v) is 14.5. The molecule has 1 aliphatic rings. The fourth-order valence-corrected chi connectivity index (χ4v) is 2.64. The quantitative estimate of drug-likeness (QED) is 0.640. The number of hydrogen-bond acceptors (Lipinski definition) is 5. The maximum absolute atomic E-state index is 12.1. The van der Waals surface area contributed by atoms with Gasteiger partial charge in [-0.1, -0.05) is 0 Å². The molecule has 134 valence electrons. The molecule has 1 aliphatic heterocycles. The van der Waals surface area contributed by atoms with E-state index in [-0.39, 0.29) is 18.4 Å². The van der Waals surface area contributed by atoms with Crippen LogP contribution in [0.5, 0.6) is 0 Å². The van der Waals surface area contributed by atoms with Crippen molar-refractivity contribution in [2.45, 2.75) is 26.8 Å². The second kappa shape index (κ2) is 9.39. The molecule has 0 radical (unpaired) electrons. The van der Waals surface area contributed by atoms with Gasteiger partial charge in [-0.25, -0.2) is 0 Å². The van der Waals surface area contributed by atoms with Gasteiger partial charge in [0.1, 0.15) is 5.69 Å². The van der Waals surface area contributed by atoms with E-state index < -0.39 is 0 Å². The Labute approximate surface area is 142 Å². The first-order valence-electron chi connectivity index (χ1n) is 8.49. The second-order valence-corrected chi connectivity index (χ2v) is 5.83. The molecule has 1 aromatic rings. The van der Waals surface area contributed by atoms with E-state index >= 15 is 0 Å². The Morgan fingerprint density at radius 2 is 2.04 bits per heavy atom. The lowest BCUT2D eigenvalue weighted by Crippen LogP contribution is -2.40. The smallest absolute Gasteiger partial charge is 0.269 e. The molecule has 24 heavy (non-hydrogen) atoms. The molecule has 2 heterocycles. The molecule has 0 aliphatic carbocycles. The largest absolute Gasteiger partial charge is 0.379 e. The molecule has 8 heteroatoms. The van der Waals surface area contributed by atoms with E-state index in [0.717, 1.165) is 45.0 Å². The minimum Gasteiger partial charge on any atom is -0.379 e. The molecule has 1 fully saturated rings. The van der Waals surface area contributed by atoms with Crippen molar-refractivity contribution in [3.8, 4) is 0 Å². The molecule has 0 aromatic carbocycles. The van der Waals surface area contributed by atoms with Crippen LogP contribution in [0.25, 0.3) is 0 Å². The van der Waals surface area contributed by atoms with Crippen molar-refractivity contribution in [1.82, 2.24) is 25.3 Å². The highest BCUT2D eigenvalue weighted by Crippen LogP contribution is 2.03. The molecule has 2 N–H and O–H groups in total. The highest BCUT2D eigenvalue weighted by Gasteiger charge is 2.14. The topological polar surface area (TPSA) is 88.5 Å². The van der Waals surface area contributed by atoms with Crippen LogP contribution in [0.15, 0.2) is 6.07 Å². The fourth-order valence-electron chi connectivity index (χ4n) is 2.64. The van der Waals surface area contributed by atoms with Crippen LogP contribution in [0.2, 0.25) is 0 Å². The average Bonchev–Trinajstić information content (AvgIpc) is 2.98. The van der Waals surface area contributed by atoms with Crippen molar-refractivity contribution < 1.29 is 14.3 Å². The predicted octanol–water partition coefficient (Wildman–Crippen LogP) is -0.220. The van der Waals surface area contributed by atoms with Gasteiger partial charge in [0.15, 0.2) is 0 Å². The lowest BCUT2D eigenvalue weighted by molar-refractivity contribution is -0.120. The second-order valence-electron chi connectivity index (χ2n) is 5.83. The van der Waals surface area contributed by atoms with Gasteiger partial charge in [-0.2, -0.15) is 5.10 Å². The first-order valence-corrected chi connectivity index (χ1v) is 8.49. The van der Waals surface area contributed by atoms with Crippen molar-refractivity contribution in [3.63, 3.8) is 0 Å². The van der Waals surface area contributed by atoms with E-state index in [4.69, 9.17) is 4.74 Å². The summed E-state index contributed by atoms with van der Waals surface area (Å²) in [6, 6.07) is 1.72. The summed E-state index contributed by atoms with van der Waals surface area (Å²) in [6.07, 6.45) is 0.890. The Balaban J connectivity index is 1.62. The van der Waals surface area contributed by atoms with Gasteiger partial charge in [0.2, 0.25) is 5.91 Å². The van der Waals surface area contributed by atoms with Crippen molar-refractivity contribution in [3.05, 3.63) is 17.5 Å². The van der Waals surface area contributed by atoms with Gasteiger partial charge in [-0.15, -0.1) is 0 Å². The van der Waals surface area contributed by atoms with Crippen LogP contribution in [-0.4, -0.2) is 72.4 Å². The van der Waals surface area contributed by atoms with Crippen molar-refractivity contribution in [2.75, 3.05) is 45.9 Å². The molecule has 2 amide bonds. The number of nitrogens with zero attached hydrogens (tertiary/aromatic N) is 3. The lowest BCUT2D eigenvalue weighted by Gasteiger charge is -2.26. The Morgan fingerprint density at radius 1 is 1.29 bits per heavy atom. The third-order valence-electron chi connectivity index (χ3n) is 3.92. The molecule has 0 spiro atoms. The van der Waals surface area contributed by atoms with Crippen molar-refractivity contribution in [2.24, 2.45) is 0 Å². The lowest BCUT2D eigenvalue weighted by atomic mass is 10.3. The molecule has 8 nitrogen and oxygen atoms in total. The van der Waals surface area contributed by atoms with Crippen LogP contribution < -0.4 is 10.6 Å². The maximum Gasteiger partial charge on any atom is 0.269 e. The summed E-state index contributed by atoms with van der Waals surface area (Å²) in [7, 11) is 0. The highest BCUT2D eigenvalue weighted by atomic mass is 16.5. The van der Waals surface area contributed by atoms with E-state index in [2.05, 4.69) is 20.6 Å². The fraction of sp³-hybridized carbons (Fsp3) is 0.688. The summed E-state index contributed by atoms with van der Waals surface area (Å²) >= 11 is 0. The predicted molar refractivity (Wildman–Crippen MR) is 89.9 cm³/mol. The standard InChI is InChI=1S/C16H27N5O3/c1-3-21-14(11-13(2)19-21)16(23)18-12-15(22)17-5-4-6-20-7-9-24-10-8-20/h11H,3-10,12H2,1-2H3,(H,17,22)(H,18,23). The SMILES string of the molecule is CCn1nc(C)cc1C(=O)NCC(=O)NCCCN1CCOCC1. The maximum atomic E-state index is 12.1. The molecule has 0 bridgehead atoms. The normalized spacial score (nSPS) is 15.2. The van der Waals surface area contributed by atoms with Gasteiger partial charge in [0.05, 0.1) is 25.5 Å². The van der Waals surface area contributed by atoms with E-state index in [9.17, 15) is 9.59 Å². The number of rotatable bonds is 8. The number of carbonyl (C=O) groups excluding carboxylic acids is 2. The molecular weight excluding hydrogens is 310 g/mol. The number of aromatic nitrogens is 2. The Hall–Kier alpha value is -1.93. The van der Waals surface area contributed by atoms with E-state index in [1.54, 1.807) is 10.7 Å². The summed E-state index contributed by atoms with van der Waals surface area (Å²) in [5.41, 5.74) is 1.27.